The van der Waals surface area contributed by atoms with Crippen molar-refractivity contribution < 1.29 is 0 Å². The van der Waals surface area contributed by atoms with Gasteiger partial charge in [-0.05, 0) is 41.0 Å². The average Bonchev–Trinajstić information content (AvgIpc) is 2.63. The molecule has 1 N–H and O–H groups in total. The van der Waals surface area contributed by atoms with Crippen LogP contribution in [0.2, 0.25) is 5.02 Å². The molecule has 0 bridgehead atoms. The first kappa shape index (κ1) is 14.4. The summed E-state index contributed by atoms with van der Waals surface area (Å²) in [6, 6.07) is 5.96. The van der Waals surface area contributed by atoms with Crippen molar-refractivity contribution in [2.75, 3.05) is 6.54 Å². The van der Waals surface area contributed by atoms with Crippen LogP contribution in [0.5, 0.6) is 0 Å². The molecule has 100 valence electrons. The topological polar surface area (TPSA) is 12.0 Å². The van der Waals surface area contributed by atoms with Crippen molar-refractivity contribution in [2.24, 2.45) is 16.7 Å². The zero-order valence-corrected chi connectivity index (χ0v) is 13.8. The SMILES string of the molecule is CC1(C)C(CNCc2ccc(Cl)cc2Br)C1(C)C. The molecule has 0 unspecified atom stereocenters. The Hall–Kier alpha value is -0.0500. The van der Waals surface area contributed by atoms with E-state index in [9.17, 15) is 0 Å². The Kier molecular flexibility index (Phi) is 3.84. The maximum atomic E-state index is 5.94. The molecule has 1 nitrogen and oxygen atoms in total. The summed E-state index contributed by atoms with van der Waals surface area (Å²) < 4.78 is 1.08. The molecule has 1 fully saturated rings. The van der Waals surface area contributed by atoms with E-state index in [2.05, 4.69) is 55.0 Å². The molecule has 18 heavy (non-hydrogen) atoms. The molecule has 0 radical (unpaired) electrons. The van der Waals surface area contributed by atoms with E-state index in [-0.39, 0.29) is 0 Å². The molecule has 1 aromatic rings. The number of rotatable bonds is 4. The van der Waals surface area contributed by atoms with E-state index in [1.807, 2.05) is 12.1 Å². The zero-order valence-electron chi connectivity index (χ0n) is 11.5. The second kappa shape index (κ2) is 4.81. The Morgan fingerprint density at radius 2 is 1.83 bits per heavy atom. The molecule has 0 heterocycles. The number of benzene rings is 1. The summed E-state index contributed by atoms with van der Waals surface area (Å²) in [5.74, 6) is 0.760. The molecule has 0 saturated heterocycles. The molecule has 3 heteroatoms. The smallest absolute Gasteiger partial charge is 0.0417 e. The Balaban J connectivity index is 1.87. The van der Waals surface area contributed by atoms with Crippen molar-refractivity contribution in [3.8, 4) is 0 Å². The Bertz CT molecular complexity index is 440. The standard InChI is InChI=1S/C15H21BrClN/c1-14(2)13(15(14,3)4)9-18-8-10-5-6-11(17)7-12(10)16/h5-7,13,18H,8-9H2,1-4H3. The molecule has 2 rings (SSSR count). The molecule has 0 aliphatic heterocycles. The molecule has 0 amide bonds. The lowest BCUT2D eigenvalue weighted by Crippen LogP contribution is -2.19. The van der Waals surface area contributed by atoms with E-state index in [1.54, 1.807) is 0 Å². The van der Waals surface area contributed by atoms with Crippen LogP contribution in [-0.2, 0) is 6.54 Å². The quantitative estimate of drug-likeness (QED) is 0.830. The Morgan fingerprint density at radius 3 is 2.33 bits per heavy atom. The van der Waals surface area contributed by atoms with Gasteiger partial charge in [-0.15, -0.1) is 0 Å². The maximum Gasteiger partial charge on any atom is 0.0417 e. The van der Waals surface area contributed by atoms with Gasteiger partial charge in [0.1, 0.15) is 0 Å². The minimum atomic E-state index is 0.456. The van der Waals surface area contributed by atoms with Crippen molar-refractivity contribution >= 4 is 27.5 Å². The van der Waals surface area contributed by atoms with E-state index in [0.717, 1.165) is 28.5 Å². The van der Waals surface area contributed by atoms with E-state index >= 15 is 0 Å². The molecule has 1 saturated carbocycles. The Morgan fingerprint density at radius 1 is 1.22 bits per heavy atom. The van der Waals surface area contributed by atoms with Crippen molar-refractivity contribution in [1.29, 1.82) is 0 Å². The van der Waals surface area contributed by atoms with E-state index in [1.165, 1.54) is 5.56 Å². The fraction of sp³-hybridized carbons (Fsp3) is 0.600. The normalized spacial score (nSPS) is 21.0. The largest absolute Gasteiger partial charge is 0.312 e. The summed E-state index contributed by atoms with van der Waals surface area (Å²) in [4.78, 5) is 0. The van der Waals surface area contributed by atoms with Gasteiger partial charge in [-0.25, -0.2) is 0 Å². The third-order valence-corrected chi connectivity index (χ3v) is 5.97. The van der Waals surface area contributed by atoms with Gasteiger partial charge in [0.05, 0.1) is 0 Å². The predicted molar refractivity (Wildman–Crippen MR) is 81.9 cm³/mol. The van der Waals surface area contributed by atoms with Crippen LogP contribution in [0.3, 0.4) is 0 Å². The number of halogens is 2. The van der Waals surface area contributed by atoms with Crippen molar-refractivity contribution in [1.82, 2.24) is 5.32 Å². The second-order valence-corrected chi connectivity index (χ2v) is 7.65. The van der Waals surface area contributed by atoms with Crippen LogP contribution < -0.4 is 5.32 Å². The lowest BCUT2D eigenvalue weighted by Gasteiger charge is -2.08. The first-order chi connectivity index (χ1) is 8.26. The van der Waals surface area contributed by atoms with Gasteiger partial charge >= 0.3 is 0 Å². The van der Waals surface area contributed by atoms with Crippen molar-refractivity contribution in [2.45, 2.75) is 34.2 Å². The van der Waals surface area contributed by atoms with Crippen LogP contribution in [0, 0.1) is 16.7 Å². The van der Waals surface area contributed by atoms with E-state index < -0.39 is 0 Å². The Labute approximate surface area is 123 Å². The third kappa shape index (κ3) is 2.48. The highest BCUT2D eigenvalue weighted by Gasteiger charge is 2.63. The van der Waals surface area contributed by atoms with Crippen LogP contribution in [0.4, 0.5) is 0 Å². The minimum absolute atomic E-state index is 0.456. The van der Waals surface area contributed by atoms with Gasteiger partial charge in [0.2, 0.25) is 0 Å². The second-order valence-electron chi connectivity index (χ2n) is 6.36. The third-order valence-electron chi connectivity index (χ3n) is 5.00. The number of hydrogen-bond donors (Lipinski definition) is 1. The summed E-state index contributed by atoms with van der Waals surface area (Å²) in [5.41, 5.74) is 2.17. The highest BCUT2D eigenvalue weighted by Crippen LogP contribution is 2.67. The van der Waals surface area contributed by atoms with E-state index in [0.29, 0.717) is 10.8 Å². The number of nitrogens with one attached hydrogen (secondary N) is 1. The van der Waals surface area contributed by atoms with Gasteiger partial charge in [0.15, 0.2) is 0 Å². The maximum absolute atomic E-state index is 5.94. The zero-order chi connectivity index (χ0) is 13.6. The first-order valence-electron chi connectivity index (χ1n) is 6.41. The molecule has 0 spiro atoms. The summed E-state index contributed by atoms with van der Waals surface area (Å²) in [6.45, 7) is 11.4. The average molecular weight is 331 g/mol. The lowest BCUT2D eigenvalue weighted by molar-refractivity contribution is 0.457. The molecule has 1 aromatic carbocycles. The fourth-order valence-electron chi connectivity index (χ4n) is 2.86. The fourth-order valence-corrected chi connectivity index (χ4v) is 3.68. The summed E-state index contributed by atoms with van der Waals surface area (Å²) in [5, 5.41) is 4.34. The van der Waals surface area contributed by atoms with Gasteiger partial charge < -0.3 is 5.32 Å². The molecule has 1 aliphatic rings. The van der Waals surface area contributed by atoms with Gasteiger partial charge in [0.25, 0.3) is 0 Å². The van der Waals surface area contributed by atoms with Gasteiger partial charge in [-0.1, -0.05) is 61.3 Å². The molecular formula is C15H21BrClN. The number of hydrogen-bond acceptors (Lipinski definition) is 1. The predicted octanol–water partition coefficient (Wildman–Crippen LogP) is 4.87. The molecule has 1 aliphatic carbocycles. The minimum Gasteiger partial charge on any atom is -0.312 e. The van der Waals surface area contributed by atoms with Crippen LogP contribution in [0.25, 0.3) is 0 Å². The van der Waals surface area contributed by atoms with Gasteiger partial charge in [-0.3, -0.25) is 0 Å². The first-order valence-corrected chi connectivity index (χ1v) is 7.58. The van der Waals surface area contributed by atoms with Crippen LogP contribution in [-0.4, -0.2) is 6.54 Å². The summed E-state index contributed by atoms with van der Waals surface area (Å²) >= 11 is 9.49. The van der Waals surface area contributed by atoms with E-state index in [4.69, 9.17) is 11.6 Å². The summed E-state index contributed by atoms with van der Waals surface area (Å²) in [7, 11) is 0. The lowest BCUT2D eigenvalue weighted by atomic mass is 10.0. The molecular weight excluding hydrogens is 310 g/mol. The highest BCUT2D eigenvalue weighted by molar-refractivity contribution is 9.10. The van der Waals surface area contributed by atoms with Gasteiger partial charge in [-0.2, -0.15) is 0 Å². The molecule has 0 aromatic heterocycles. The highest BCUT2D eigenvalue weighted by atomic mass is 79.9. The monoisotopic (exact) mass is 329 g/mol. The van der Waals surface area contributed by atoms with Crippen LogP contribution >= 0.6 is 27.5 Å². The van der Waals surface area contributed by atoms with Crippen molar-refractivity contribution in [3.63, 3.8) is 0 Å². The van der Waals surface area contributed by atoms with Gasteiger partial charge in [0, 0.05) is 16.0 Å². The van der Waals surface area contributed by atoms with Crippen molar-refractivity contribution in [3.05, 3.63) is 33.3 Å². The van der Waals surface area contributed by atoms with Crippen LogP contribution in [0.1, 0.15) is 33.3 Å². The summed E-state index contributed by atoms with van der Waals surface area (Å²) in [6.07, 6.45) is 0. The molecule has 0 atom stereocenters. The van der Waals surface area contributed by atoms with Crippen LogP contribution in [0.15, 0.2) is 22.7 Å².